The van der Waals surface area contributed by atoms with Gasteiger partial charge in [-0.2, -0.15) is 17.0 Å². The van der Waals surface area contributed by atoms with Gasteiger partial charge in [0.2, 0.25) is 0 Å². The fraction of sp³-hybridized carbons (Fsp3) is 0.429. The van der Waals surface area contributed by atoms with Crippen molar-refractivity contribution in [2.75, 3.05) is 19.6 Å². The van der Waals surface area contributed by atoms with Crippen LogP contribution in [-0.4, -0.2) is 48.9 Å². The van der Waals surface area contributed by atoms with Gasteiger partial charge < -0.3 is 4.74 Å². The number of nitrogens with zero attached hydrogens (tertiary/aromatic N) is 2. The first kappa shape index (κ1) is 20.0. The van der Waals surface area contributed by atoms with Gasteiger partial charge in [0, 0.05) is 26.2 Å². The minimum atomic E-state index is -3.57. The van der Waals surface area contributed by atoms with Crippen LogP contribution in [0.25, 0.3) is 0 Å². The van der Waals surface area contributed by atoms with Crippen molar-refractivity contribution in [3.63, 3.8) is 0 Å². The molecule has 0 spiro atoms. The van der Waals surface area contributed by atoms with Gasteiger partial charge in [-0.3, -0.25) is 0 Å². The first-order chi connectivity index (χ1) is 12.9. The van der Waals surface area contributed by atoms with Crippen molar-refractivity contribution < 1.29 is 13.2 Å². The molecular weight excluding hydrogens is 360 g/mol. The lowest BCUT2D eigenvalue weighted by atomic mass is 10.1. The monoisotopic (exact) mass is 388 g/mol. The molecule has 0 aliphatic carbocycles. The molecular formula is C21H28N2O3S. The van der Waals surface area contributed by atoms with Crippen molar-refractivity contribution >= 4 is 10.2 Å². The standard InChI is InChI=1S/C21H28N2O3S/c1-18-15-23(16-19(2)26-18)27(24,25)22(17-21-11-7-4-8-12-21)14-13-20-9-5-3-6-10-20/h3-12,18-19H,13-17H2,1-2H3/t18-,19+. The maximum atomic E-state index is 13.4. The molecule has 0 radical (unpaired) electrons. The van der Waals surface area contributed by atoms with Gasteiger partial charge in [-0.1, -0.05) is 60.7 Å². The summed E-state index contributed by atoms with van der Waals surface area (Å²) in [5, 5.41) is 0. The Balaban J connectivity index is 1.80. The molecule has 0 bridgehead atoms. The molecule has 0 amide bonds. The highest BCUT2D eigenvalue weighted by Gasteiger charge is 2.35. The van der Waals surface area contributed by atoms with Crippen LogP contribution in [-0.2, 0) is 27.9 Å². The molecule has 2 aromatic rings. The fourth-order valence-electron chi connectivity index (χ4n) is 3.44. The third-order valence-corrected chi connectivity index (χ3v) is 6.65. The van der Waals surface area contributed by atoms with Gasteiger partial charge >= 0.3 is 0 Å². The van der Waals surface area contributed by atoms with Crippen molar-refractivity contribution in [1.82, 2.24) is 8.61 Å². The second kappa shape index (κ2) is 8.97. The van der Waals surface area contributed by atoms with Crippen LogP contribution in [0.1, 0.15) is 25.0 Å². The van der Waals surface area contributed by atoms with Crippen molar-refractivity contribution in [1.29, 1.82) is 0 Å². The van der Waals surface area contributed by atoms with Crippen molar-refractivity contribution in [2.45, 2.75) is 39.0 Å². The van der Waals surface area contributed by atoms with Crippen molar-refractivity contribution in [3.05, 3.63) is 71.8 Å². The third kappa shape index (κ3) is 5.39. The Labute approximate surface area is 162 Å². The zero-order valence-electron chi connectivity index (χ0n) is 16.0. The van der Waals surface area contributed by atoms with E-state index in [0.717, 1.165) is 11.1 Å². The minimum Gasteiger partial charge on any atom is -0.373 e. The lowest BCUT2D eigenvalue weighted by molar-refractivity contribution is -0.0455. The van der Waals surface area contributed by atoms with Crippen LogP contribution >= 0.6 is 0 Å². The normalized spacial score (nSPS) is 21.4. The Kier molecular flexibility index (Phi) is 6.65. The number of rotatable bonds is 7. The predicted octanol–water partition coefficient (Wildman–Crippen LogP) is 3.09. The van der Waals surface area contributed by atoms with Crippen LogP contribution in [0.2, 0.25) is 0 Å². The largest absolute Gasteiger partial charge is 0.373 e. The van der Waals surface area contributed by atoms with E-state index in [-0.39, 0.29) is 12.2 Å². The molecule has 0 aromatic heterocycles. The van der Waals surface area contributed by atoms with Crippen molar-refractivity contribution in [2.24, 2.45) is 0 Å². The van der Waals surface area contributed by atoms with E-state index in [1.54, 1.807) is 8.61 Å². The van der Waals surface area contributed by atoms with Gasteiger partial charge in [0.05, 0.1) is 12.2 Å². The van der Waals surface area contributed by atoms with Crippen LogP contribution in [0.5, 0.6) is 0 Å². The van der Waals surface area contributed by atoms with E-state index in [1.165, 1.54) is 0 Å². The third-order valence-electron chi connectivity index (χ3n) is 4.73. The highest BCUT2D eigenvalue weighted by atomic mass is 32.2. The summed E-state index contributed by atoms with van der Waals surface area (Å²) in [5.74, 6) is 0. The van der Waals surface area contributed by atoms with E-state index in [9.17, 15) is 8.42 Å². The summed E-state index contributed by atoms with van der Waals surface area (Å²) in [5.41, 5.74) is 2.12. The van der Waals surface area contributed by atoms with Crippen LogP contribution in [0.15, 0.2) is 60.7 Å². The molecule has 5 nitrogen and oxygen atoms in total. The number of hydrogen-bond acceptors (Lipinski definition) is 3. The molecule has 3 rings (SSSR count). The van der Waals surface area contributed by atoms with E-state index in [0.29, 0.717) is 32.6 Å². The molecule has 0 unspecified atom stereocenters. The molecule has 1 aliphatic heterocycles. The highest BCUT2D eigenvalue weighted by Crippen LogP contribution is 2.20. The smallest absolute Gasteiger partial charge is 0.282 e. The van der Waals surface area contributed by atoms with E-state index in [2.05, 4.69) is 0 Å². The van der Waals surface area contributed by atoms with E-state index in [4.69, 9.17) is 4.74 Å². The Bertz CT molecular complexity index is 802. The maximum Gasteiger partial charge on any atom is 0.282 e. The highest BCUT2D eigenvalue weighted by molar-refractivity contribution is 7.86. The Morgan fingerprint density at radius 2 is 1.44 bits per heavy atom. The number of hydrogen-bond donors (Lipinski definition) is 0. The van der Waals surface area contributed by atoms with Gasteiger partial charge in [-0.15, -0.1) is 0 Å². The molecule has 146 valence electrons. The zero-order valence-corrected chi connectivity index (χ0v) is 16.8. The van der Waals surface area contributed by atoms with E-state index < -0.39 is 10.2 Å². The second-order valence-corrected chi connectivity index (χ2v) is 9.07. The molecule has 0 saturated carbocycles. The molecule has 2 atom stereocenters. The molecule has 27 heavy (non-hydrogen) atoms. The van der Waals surface area contributed by atoms with Gasteiger partial charge in [0.25, 0.3) is 10.2 Å². The topological polar surface area (TPSA) is 49.9 Å². The lowest BCUT2D eigenvalue weighted by Crippen LogP contribution is -2.53. The molecule has 0 N–H and O–H groups in total. The molecule has 6 heteroatoms. The number of benzene rings is 2. The number of ether oxygens (including phenoxy) is 1. The zero-order chi connectivity index (χ0) is 19.3. The fourth-order valence-corrected chi connectivity index (χ4v) is 5.20. The maximum absolute atomic E-state index is 13.4. The predicted molar refractivity (Wildman–Crippen MR) is 107 cm³/mol. The van der Waals surface area contributed by atoms with Crippen LogP contribution < -0.4 is 0 Å². The van der Waals surface area contributed by atoms with Crippen LogP contribution in [0.4, 0.5) is 0 Å². The summed E-state index contributed by atoms with van der Waals surface area (Å²) in [6.07, 6.45) is 0.481. The van der Waals surface area contributed by atoms with E-state index in [1.807, 2.05) is 74.5 Å². The average Bonchev–Trinajstić information content (AvgIpc) is 2.66. The van der Waals surface area contributed by atoms with Gasteiger partial charge in [-0.25, -0.2) is 0 Å². The van der Waals surface area contributed by atoms with Gasteiger partial charge in [0.1, 0.15) is 0 Å². The Hall–Kier alpha value is -1.73. The summed E-state index contributed by atoms with van der Waals surface area (Å²) in [7, 11) is -3.57. The van der Waals surface area contributed by atoms with Gasteiger partial charge in [-0.05, 0) is 31.4 Å². The molecule has 1 fully saturated rings. The summed E-state index contributed by atoms with van der Waals surface area (Å²) < 4.78 is 35.7. The Morgan fingerprint density at radius 3 is 2.00 bits per heavy atom. The summed E-state index contributed by atoms with van der Waals surface area (Å²) in [6.45, 7) is 5.44. The molecule has 1 saturated heterocycles. The van der Waals surface area contributed by atoms with Gasteiger partial charge in [0.15, 0.2) is 0 Å². The molecule has 1 heterocycles. The SMILES string of the molecule is C[C@@H]1CN(S(=O)(=O)N(CCc2ccccc2)Cc2ccccc2)C[C@H](C)O1. The first-order valence-corrected chi connectivity index (χ1v) is 10.8. The quantitative estimate of drug-likeness (QED) is 0.732. The molecule has 1 aliphatic rings. The summed E-state index contributed by atoms with van der Waals surface area (Å²) >= 11 is 0. The minimum absolute atomic E-state index is 0.101. The van der Waals surface area contributed by atoms with E-state index >= 15 is 0 Å². The average molecular weight is 389 g/mol. The second-order valence-electron chi connectivity index (χ2n) is 7.14. The van der Waals surface area contributed by atoms with Crippen LogP contribution in [0.3, 0.4) is 0 Å². The molecule has 2 aromatic carbocycles. The Morgan fingerprint density at radius 1 is 0.926 bits per heavy atom. The summed E-state index contributed by atoms with van der Waals surface area (Å²) in [6, 6.07) is 19.8. The number of morpholine rings is 1. The van der Waals surface area contributed by atoms with Crippen LogP contribution in [0, 0.1) is 0 Å². The lowest BCUT2D eigenvalue weighted by Gasteiger charge is -2.37. The first-order valence-electron chi connectivity index (χ1n) is 9.43. The summed E-state index contributed by atoms with van der Waals surface area (Å²) in [4.78, 5) is 0. The van der Waals surface area contributed by atoms with Crippen molar-refractivity contribution in [3.8, 4) is 0 Å².